The van der Waals surface area contributed by atoms with E-state index in [0.29, 0.717) is 18.8 Å². The molecule has 0 radical (unpaired) electrons. The normalized spacial score (nSPS) is 23.5. The Kier molecular flexibility index (Phi) is 7.66. The van der Waals surface area contributed by atoms with Gasteiger partial charge >= 0.3 is 7.60 Å². The maximum Gasteiger partial charge on any atom is 0.345 e. The van der Waals surface area contributed by atoms with Crippen molar-refractivity contribution in [1.82, 2.24) is 0 Å². The summed E-state index contributed by atoms with van der Waals surface area (Å²) in [4.78, 5) is 10.3. The third-order valence-corrected chi connectivity index (χ3v) is 6.35. The molecule has 0 spiro atoms. The molecule has 1 N–H and O–H groups in total. The van der Waals surface area contributed by atoms with Gasteiger partial charge in [-0.05, 0) is 31.6 Å². The summed E-state index contributed by atoms with van der Waals surface area (Å²) in [5.41, 5.74) is -0.951. The second kappa shape index (κ2) is 8.73. The number of allylic oxidation sites excluding steroid dienone is 1. The van der Waals surface area contributed by atoms with Gasteiger partial charge in [0, 0.05) is 0 Å². The summed E-state index contributed by atoms with van der Waals surface area (Å²) in [6.07, 6.45) is 8.24. The van der Waals surface area contributed by atoms with Crippen LogP contribution in [0.5, 0.6) is 0 Å². The maximum atomic E-state index is 12.5. The lowest BCUT2D eigenvalue weighted by molar-refractivity contribution is 0.168. The first-order valence-electron chi connectivity index (χ1n) is 7.97. The molecule has 1 aliphatic carbocycles. The van der Waals surface area contributed by atoms with Crippen molar-refractivity contribution in [2.75, 3.05) is 0 Å². The van der Waals surface area contributed by atoms with Crippen LogP contribution in [-0.4, -0.2) is 16.7 Å². The van der Waals surface area contributed by atoms with Crippen LogP contribution >= 0.6 is 7.60 Å². The molecule has 1 saturated carbocycles. The Morgan fingerprint density at radius 3 is 2.57 bits per heavy atom. The fourth-order valence-electron chi connectivity index (χ4n) is 3.14. The Morgan fingerprint density at radius 2 is 2.10 bits per heavy atom. The van der Waals surface area contributed by atoms with Crippen molar-refractivity contribution in [1.29, 1.82) is 5.26 Å². The molecule has 1 aliphatic rings. The maximum absolute atomic E-state index is 12.5. The van der Waals surface area contributed by atoms with Gasteiger partial charge in [0.25, 0.3) is 0 Å². The first kappa shape index (κ1) is 18.4. The standard InChI is InChI=1S/C16H28NO3P/c1-4-9-15(14-10-7-6-8-11-14)16(12-17)21(18,19)20-13(3)5-2/h4,13-16H,1,5-11H2,2-3H3,(H,18,19). The van der Waals surface area contributed by atoms with Crippen LogP contribution in [0.15, 0.2) is 12.7 Å². The summed E-state index contributed by atoms with van der Waals surface area (Å²) in [5, 5.41) is 9.48. The highest BCUT2D eigenvalue weighted by Crippen LogP contribution is 2.54. The van der Waals surface area contributed by atoms with Crippen molar-refractivity contribution in [3.05, 3.63) is 12.7 Å². The first-order valence-corrected chi connectivity index (χ1v) is 9.62. The molecule has 1 fully saturated rings. The molecule has 0 aliphatic heterocycles. The van der Waals surface area contributed by atoms with Crippen LogP contribution in [-0.2, 0) is 9.09 Å². The number of hydrogen-bond donors (Lipinski definition) is 1. The monoisotopic (exact) mass is 313 g/mol. The van der Waals surface area contributed by atoms with Crippen LogP contribution in [0.4, 0.5) is 0 Å². The van der Waals surface area contributed by atoms with Crippen LogP contribution in [0.1, 0.15) is 58.8 Å². The van der Waals surface area contributed by atoms with E-state index in [0.717, 1.165) is 25.7 Å². The van der Waals surface area contributed by atoms with Gasteiger partial charge in [-0.3, -0.25) is 4.57 Å². The van der Waals surface area contributed by atoms with Gasteiger partial charge in [-0.25, -0.2) is 0 Å². The van der Waals surface area contributed by atoms with Gasteiger partial charge in [0.05, 0.1) is 12.2 Å². The number of rotatable bonds is 8. The van der Waals surface area contributed by atoms with Crippen molar-refractivity contribution in [2.24, 2.45) is 11.8 Å². The summed E-state index contributed by atoms with van der Waals surface area (Å²) in [7, 11) is -3.94. The number of nitriles is 1. The fraction of sp³-hybridized carbons (Fsp3) is 0.812. The van der Waals surface area contributed by atoms with Crippen LogP contribution in [0.2, 0.25) is 0 Å². The van der Waals surface area contributed by atoms with E-state index in [-0.39, 0.29) is 12.0 Å². The topological polar surface area (TPSA) is 70.3 Å². The van der Waals surface area contributed by atoms with E-state index < -0.39 is 13.3 Å². The van der Waals surface area contributed by atoms with Crippen molar-refractivity contribution in [3.8, 4) is 6.07 Å². The highest BCUT2D eigenvalue weighted by atomic mass is 31.2. The quantitative estimate of drug-likeness (QED) is 0.523. The lowest BCUT2D eigenvalue weighted by atomic mass is 9.77. The van der Waals surface area contributed by atoms with Crippen molar-refractivity contribution in [2.45, 2.75) is 70.6 Å². The summed E-state index contributed by atoms with van der Waals surface area (Å²) >= 11 is 0. The zero-order chi connectivity index (χ0) is 15.9. The third kappa shape index (κ3) is 5.25. The van der Waals surface area contributed by atoms with Crippen LogP contribution in [0.3, 0.4) is 0 Å². The molecule has 1 rings (SSSR count). The van der Waals surface area contributed by atoms with E-state index >= 15 is 0 Å². The third-order valence-electron chi connectivity index (χ3n) is 4.49. The zero-order valence-electron chi connectivity index (χ0n) is 13.2. The molecule has 0 bridgehead atoms. The van der Waals surface area contributed by atoms with E-state index in [2.05, 4.69) is 12.6 Å². The van der Waals surface area contributed by atoms with Gasteiger partial charge in [0.2, 0.25) is 0 Å². The van der Waals surface area contributed by atoms with Gasteiger partial charge in [-0.15, -0.1) is 6.58 Å². The molecule has 4 nitrogen and oxygen atoms in total. The predicted molar refractivity (Wildman–Crippen MR) is 84.9 cm³/mol. The van der Waals surface area contributed by atoms with E-state index in [1.165, 1.54) is 6.42 Å². The molecule has 0 aromatic carbocycles. The van der Waals surface area contributed by atoms with Crippen LogP contribution in [0, 0.1) is 23.2 Å². The van der Waals surface area contributed by atoms with E-state index in [4.69, 9.17) is 4.52 Å². The molecule has 120 valence electrons. The van der Waals surface area contributed by atoms with E-state index in [1.807, 2.05) is 6.92 Å². The number of nitrogens with zero attached hydrogens (tertiary/aromatic N) is 1. The van der Waals surface area contributed by atoms with Gasteiger partial charge in [0.15, 0.2) is 5.66 Å². The summed E-state index contributed by atoms with van der Waals surface area (Å²) in [6, 6.07) is 2.07. The molecule has 4 unspecified atom stereocenters. The molecule has 0 aromatic heterocycles. The van der Waals surface area contributed by atoms with Crippen molar-refractivity contribution < 1.29 is 14.0 Å². The first-order chi connectivity index (χ1) is 9.96. The zero-order valence-corrected chi connectivity index (χ0v) is 14.1. The van der Waals surface area contributed by atoms with Crippen LogP contribution in [0.25, 0.3) is 0 Å². The molecule has 5 heteroatoms. The van der Waals surface area contributed by atoms with Gasteiger partial charge in [-0.2, -0.15) is 5.26 Å². The van der Waals surface area contributed by atoms with E-state index in [1.54, 1.807) is 13.0 Å². The molecular weight excluding hydrogens is 285 g/mol. The Morgan fingerprint density at radius 1 is 1.48 bits per heavy atom. The minimum atomic E-state index is -3.94. The highest BCUT2D eigenvalue weighted by molar-refractivity contribution is 7.54. The average Bonchev–Trinajstić information content (AvgIpc) is 2.47. The lowest BCUT2D eigenvalue weighted by Gasteiger charge is -2.34. The Hall–Kier alpha value is -0.620. The highest BCUT2D eigenvalue weighted by Gasteiger charge is 2.42. The van der Waals surface area contributed by atoms with Crippen molar-refractivity contribution >= 4 is 7.60 Å². The second-order valence-electron chi connectivity index (χ2n) is 6.05. The molecule has 0 heterocycles. The smallest absolute Gasteiger partial charge is 0.323 e. The average molecular weight is 313 g/mol. The Bertz CT molecular complexity index is 412. The minimum Gasteiger partial charge on any atom is -0.323 e. The van der Waals surface area contributed by atoms with Crippen LogP contribution < -0.4 is 0 Å². The Balaban J connectivity index is 2.92. The summed E-state index contributed by atoms with van der Waals surface area (Å²) in [5.74, 6) is 0.190. The fourth-order valence-corrected chi connectivity index (χ4v) is 4.93. The Labute approximate surface area is 128 Å². The molecule has 21 heavy (non-hydrogen) atoms. The second-order valence-corrected chi connectivity index (χ2v) is 7.94. The van der Waals surface area contributed by atoms with E-state index in [9.17, 15) is 14.7 Å². The van der Waals surface area contributed by atoms with Gasteiger partial charge in [0.1, 0.15) is 0 Å². The summed E-state index contributed by atoms with van der Waals surface area (Å²) < 4.78 is 17.9. The molecule has 0 saturated heterocycles. The minimum absolute atomic E-state index is 0.132. The molecular formula is C16H28NO3P. The SMILES string of the molecule is C=CCC(C1CCCCC1)C(C#N)P(=O)(O)OC(C)CC. The largest absolute Gasteiger partial charge is 0.345 e. The lowest BCUT2D eigenvalue weighted by Crippen LogP contribution is -2.29. The van der Waals surface area contributed by atoms with Gasteiger partial charge < -0.3 is 9.42 Å². The van der Waals surface area contributed by atoms with Crippen molar-refractivity contribution in [3.63, 3.8) is 0 Å². The molecule has 0 aromatic rings. The number of hydrogen-bond acceptors (Lipinski definition) is 3. The molecule has 0 amide bonds. The van der Waals surface area contributed by atoms with Gasteiger partial charge in [-0.1, -0.05) is 45.1 Å². The predicted octanol–water partition coefficient (Wildman–Crippen LogP) is 4.65. The molecule has 4 atom stereocenters. The summed E-state index contributed by atoms with van der Waals surface area (Å²) in [6.45, 7) is 7.41.